The molecule has 86 valence electrons. The van der Waals surface area contributed by atoms with E-state index >= 15 is 0 Å². The van der Waals surface area contributed by atoms with Crippen LogP contribution in [0.2, 0.25) is 0 Å². The molecule has 0 atom stereocenters. The van der Waals surface area contributed by atoms with Crippen LogP contribution in [0.25, 0.3) is 0 Å². The molecule has 0 bridgehead atoms. The highest BCUT2D eigenvalue weighted by Crippen LogP contribution is 2.36. The minimum absolute atomic E-state index is 1.10. The van der Waals surface area contributed by atoms with Gasteiger partial charge in [0, 0.05) is 0 Å². The normalized spacial score (nSPS) is 20.6. The fraction of sp³-hybridized carbons (Fsp3) is 0.375. The SMILES string of the molecule is C=C(C)C1=C(C)CCC(=CC(C)=CC)C1=C. The molecular weight excluding hydrogens is 192 g/mol. The van der Waals surface area contributed by atoms with Crippen molar-refractivity contribution >= 4 is 0 Å². The van der Waals surface area contributed by atoms with E-state index in [1.165, 1.54) is 22.3 Å². The number of hydrogen-bond acceptors (Lipinski definition) is 0. The van der Waals surface area contributed by atoms with E-state index in [4.69, 9.17) is 0 Å². The average Bonchev–Trinajstić information content (AvgIpc) is 2.21. The van der Waals surface area contributed by atoms with E-state index in [1.807, 2.05) is 0 Å². The van der Waals surface area contributed by atoms with Crippen molar-refractivity contribution in [1.82, 2.24) is 0 Å². The molecule has 0 N–H and O–H groups in total. The Hall–Kier alpha value is -1.30. The molecule has 0 heterocycles. The number of rotatable bonds is 2. The molecule has 0 amide bonds. The van der Waals surface area contributed by atoms with Gasteiger partial charge in [-0.15, -0.1) is 0 Å². The average molecular weight is 214 g/mol. The molecule has 0 saturated carbocycles. The molecular formula is C16H22. The summed E-state index contributed by atoms with van der Waals surface area (Å²) in [7, 11) is 0. The first-order valence-corrected chi connectivity index (χ1v) is 5.86. The van der Waals surface area contributed by atoms with Gasteiger partial charge >= 0.3 is 0 Å². The number of allylic oxidation sites excluding steroid dienone is 8. The zero-order valence-electron chi connectivity index (χ0n) is 11.0. The molecule has 0 aliphatic heterocycles. The van der Waals surface area contributed by atoms with Crippen molar-refractivity contribution in [3.63, 3.8) is 0 Å². The highest BCUT2D eigenvalue weighted by atomic mass is 14.2. The van der Waals surface area contributed by atoms with E-state index in [2.05, 4.69) is 53.0 Å². The van der Waals surface area contributed by atoms with Crippen molar-refractivity contribution < 1.29 is 0 Å². The van der Waals surface area contributed by atoms with E-state index in [0.717, 1.165) is 24.0 Å². The van der Waals surface area contributed by atoms with Gasteiger partial charge in [-0.05, 0) is 57.3 Å². The van der Waals surface area contributed by atoms with Crippen LogP contribution in [0.3, 0.4) is 0 Å². The monoisotopic (exact) mass is 214 g/mol. The Labute approximate surface area is 99.8 Å². The van der Waals surface area contributed by atoms with Crippen LogP contribution in [0.15, 0.2) is 58.7 Å². The summed E-state index contributed by atoms with van der Waals surface area (Å²) in [5, 5.41) is 0. The van der Waals surface area contributed by atoms with Crippen LogP contribution < -0.4 is 0 Å². The molecule has 0 spiro atoms. The van der Waals surface area contributed by atoms with Crippen molar-refractivity contribution in [3.8, 4) is 0 Å². The van der Waals surface area contributed by atoms with Crippen molar-refractivity contribution in [2.45, 2.75) is 40.5 Å². The van der Waals surface area contributed by atoms with E-state index in [9.17, 15) is 0 Å². The molecule has 0 fully saturated rings. The molecule has 0 aromatic rings. The highest BCUT2D eigenvalue weighted by Gasteiger charge is 2.17. The fourth-order valence-corrected chi connectivity index (χ4v) is 2.16. The quantitative estimate of drug-likeness (QED) is 0.598. The maximum absolute atomic E-state index is 4.22. The Morgan fingerprint density at radius 1 is 1.25 bits per heavy atom. The first-order valence-electron chi connectivity index (χ1n) is 5.86. The standard InChI is InChI=1S/C16H22/c1-7-12(4)10-15-9-8-13(5)16(11(2)3)14(15)6/h7,10H,2,6,8-9H2,1,3-5H3. The fourth-order valence-electron chi connectivity index (χ4n) is 2.16. The Morgan fingerprint density at radius 3 is 2.38 bits per heavy atom. The van der Waals surface area contributed by atoms with Gasteiger partial charge in [-0.2, -0.15) is 0 Å². The molecule has 0 unspecified atom stereocenters. The Balaban J connectivity index is 3.13. The van der Waals surface area contributed by atoms with Gasteiger partial charge in [0.25, 0.3) is 0 Å². The van der Waals surface area contributed by atoms with E-state index < -0.39 is 0 Å². The van der Waals surface area contributed by atoms with Crippen molar-refractivity contribution in [2.24, 2.45) is 0 Å². The van der Waals surface area contributed by atoms with Gasteiger partial charge < -0.3 is 0 Å². The second-order valence-corrected chi connectivity index (χ2v) is 4.62. The van der Waals surface area contributed by atoms with Crippen LogP contribution in [-0.2, 0) is 0 Å². The van der Waals surface area contributed by atoms with Gasteiger partial charge in [0.05, 0.1) is 0 Å². The first-order chi connectivity index (χ1) is 7.47. The van der Waals surface area contributed by atoms with Crippen LogP contribution in [-0.4, -0.2) is 0 Å². The molecule has 0 radical (unpaired) electrons. The topological polar surface area (TPSA) is 0 Å². The molecule has 1 aliphatic carbocycles. The van der Waals surface area contributed by atoms with Crippen molar-refractivity contribution in [2.75, 3.05) is 0 Å². The molecule has 0 saturated heterocycles. The summed E-state index contributed by atoms with van der Waals surface area (Å²) in [4.78, 5) is 0. The highest BCUT2D eigenvalue weighted by molar-refractivity contribution is 5.58. The van der Waals surface area contributed by atoms with Gasteiger partial charge in [0.15, 0.2) is 0 Å². The summed E-state index contributed by atoms with van der Waals surface area (Å²) < 4.78 is 0. The summed E-state index contributed by atoms with van der Waals surface area (Å²) in [6.45, 7) is 16.7. The van der Waals surface area contributed by atoms with Crippen molar-refractivity contribution in [3.05, 3.63) is 58.7 Å². The summed E-state index contributed by atoms with van der Waals surface area (Å²) >= 11 is 0. The van der Waals surface area contributed by atoms with Crippen molar-refractivity contribution in [1.29, 1.82) is 0 Å². The van der Waals surface area contributed by atoms with Gasteiger partial charge in [-0.3, -0.25) is 0 Å². The Kier molecular flexibility index (Phi) is 4.12. The molecule has 1 rings (SSSR count). The number of hydrogen-bond donors (Lipinski definition) is 0. The summed E-state index contributed by atoms with van der Waals surface area (Å²) in [5.41, 5.74) is 7.66. The summed E-state index contributed by atoms with van der Waals surface area (Å²) in [6, 6.07) is 0. The summed E-state index contributed by atoms with van der Waals surface area (Å²) in [5.74, 6) is 0. The van der Waals surface area contributed by atoms with Crippen LogP contribution in [0.5, 0.6) is 0 Å². The molecule has 0 heteroatoms. The lowest BCUT2D eigenvalue weighted by Crippen LogP contribution is -2.04. The molecule has 0 nitrogen and oxygen atoms in total. The Bertz CT molecular complexity index is 411. The lowest BCUT2D eigenvalue weighted by molar-refractivity contribution is 0.885. The van der Waals surface area contributed by atoms with Crippen LogP contribution in [0.1, 0.15) is 40.5 Å². The molecule has 0 aromatic carbocycles. The Morgan fingerprint density at radius 2 is 1.88 bits per heavy atom. The smallest absolute Gasteiger partial charge is 0.0174 e. The van der Waals surface area contributed by atoms with Gasteiger partial charge in [-0.25, -0.2) is 0 Å². The van der Waals surface area contributed by atoms with E-state index in [-0.39, 0.29) is 0 Å². The van der Waals surface area contributed by atoms with Gasteiger partial charge in [0.2, 0.25) is 0 Å². The summed E-state index contributed by atoms with van der Waals surface area (Å²) in [6.07, 6.45) is 6.61. The molecule has 16 heavy (non-hydrogen) atoms. The largest absolute Gasteiger partial charge is 0.0955 e. The predicted molar refractivity (Wildman–Crippen MR) is 73.4 cm³/mol. The van der Waals surface area contributed by atoms with E-state index in [0.29, 0.717) is 0 Å². The van der Waals surface area contributed by atoms with Gasteiger partial charge in [-0.1, -0.05) is 42.0 Å². The van der Waals surface area contributed by atoms with E-state index in [1.54, 1.807) is 0 Å². The molecule has 1 aliphatic rings. The third kappa shape index (κ3) is 2.63. The van der Waals surface area contributed by atoms with Crippen LogP contribution in [0.4, 0.5) is 0 Å². The minimum Gasteiger partial charge on any atom is -0.0955 e. The maximum Gasteiger partial charge on any atom is -0.0174 e. The second kappa shape index (κ2) is 5.16. The first kappa shape index (κ1) is 12.8. The van der Waals surface area contributed by atoms with Crippen LogP contribution >= 0.6 is 0 Å². The van der Waals surface area contributed by atoms with Gasteiger partial charge in [0.1, 0.15) is 0 Å². The maximum atomic E-state index is 4.22. The second-order valence-electron chi connectivity index (χ2n) is 4.62. The minimum atomic E-state index is 1.10. The van der Waals surface area contributed by atoms with Crippen LogP contribution in [0, 0.1) is 0 Å². The third-order valence-corrected chi connectivity index (χ3v) is 3.17. The zero-order valence-corrected chi connectivity index (χ0v) is 11.0. The predicted octanol–water partition coefficient (Wildman–Crippen LogP) is 5.12. The third-order valence-electron chi connectivity index (χ3n) is 3.17. The lowest BCUT2D eigenvalue weighted by atomic mass is 9.81. The zero-order chi connectivity index (χ0) is 12.3. The molecule has 0 aromatic heterocycles. The lowest BCUT2D eigenvalue weighted by Gasteiger charge is -2.23.